The van der Waals surface area contributed by atoms with Crippen LogP contribution in [0.15, 0.2) is 24.4 Å². The van der Waals surface area contributed by atoms with E-state index in [9.17, 15) is 0 Å². The molecule has 2 heterocycles. The minimum Gasteiger partial charge on any atom is -0.371 e. The van der Waals surface area contributed by atoms with Crippen molar-refractivity contribution in [2.75, 3.05) is 12.4 Å². The second kappa shape index (κ2) is 7.99. The van der Waals surface area contributed by atoms with Crippen molar-refractivity contribution >= 4 is 23.5 Å². The van der Waals surface area contributed by atoms with Crippen LogP contribution in [0.5, 0.6) is 0 Å². The average molecular weight is 566 g/mol. The van der Waals surface area contributed by atoms with Crippen LogP contribution in [0.2, 0.25) is 5.15 Å². The summed E-state index contributed by atoms with van der Waals surface area (Å²) in [6.45, 7) is 0. The maximum Gasteiger partial charge on any atom is 0.152 e. The minimum atomic E-state index is 0. The predicted octanol–water partition coefficient (Wildman–Crippen LogP) is 4.25. The van der Waals surface area contributed by atoms with Crippen molar-refractivity contribution in [3.8, 4) is 0 Å². The van der Waals surface area contributed by atoms with Crippen LogP contribution in [0.25, 0.3) is 6.08 Å². The number of hydrogen-bond donors (Lipinski definition) is 1. The molecule has 2 unspecified atom stereocenters. The van der Waals surface area contributed by atoms with Crippen LogP contribution in [0.1, 0.15) is 47.1 Å². The van der Waals surface area contributed by atoms with Crippen LogP contribution in [-0.4, -0.2) is 22.2 Å². The number of aromatic nitrogens is 3. The molecule has 1 fully saturated rings. The van der Waals surface area contributed by atoms with E-state index >= 15 is 0 Å². The number of allylic oxidation sites excluding steroid dienone is 1. The third-order valence-electron chi connectivity index (χ3n) is 4.56. The van der Waals surface area contributed by atoms with Gasteiger partial charge in [0.05, 0.1) is 0 Å². The molecule has 0 amide bonds. The van der Waals surface area contributed by atoms with Gasteiger partial charge in [0.25, 0.3) is 0 Å². The molecule has 4 rings (SSSR count). The number of rotatable bonds is 3. The fourth-order valence-electron chi connectivity index (χ4n) is 3.41. The number of fused-ring (bicyclic) bond motifs is 1. The van der Waals surface area contributed by atoms with Crippen LogP contribution < -0.4 is 5.32 Å². The Labute approximate surface area is 171 Å². The zero-order chi connectivity index (χ0) is 15.1. The largest absolute Gasteiger partial charge is 0.371 e. The summed E-state index contributed by atoms with van der Waals surface area (Å²) in [5, 5.41) is 11.6. The first-order valence-electron chi connectivity index (χ1n) is 7.63. The van der Waals surface area contributed by atoms with Gasteiger partial charge in [-0.25, -0.2) is 0 Å². The van der Waals surface area contributed by atoms with Crippen molar-refractivity contribution in [1.29, 1.82) is 0 Å². The van der Waals surface area contributed by atoms with Crippen LogP contribution >= 0.6 is 11.6 Å². The summed E-state index contributed by atoms with van der Waals surface area (Å²) in [5.41, 5.74) is 5.12. The minimum absolute atomic E-state index is 0. The molecule has 0 aromatic carbocycles. The SMILES string of the molecule is CNc1nnc(Cl)cc1C1CC1c1ccnc2c1C=CCC2.[CH3-].[U]. The van der Waals surface area contributed by atoms with Gasteiger partial charge in [-0.15, -0.1) is 10.2 Å². The van der Waals surface area contributed by atoms with Crippen LogP contribution in [0, 0.1) is 38.5 Å². The first kappa shape index (κ1) is 19.4. The molecular weight excluding hydrogens is 546 g/mol. The summed E-state index contributed by atoms with van der Waals surface area (Å²) in [4.78, 5) is 4.53. The van der Waals surface area contributed by atoms with E-state index in [0.29, 0.717) is 17.0 Å². The average Bonchev–Trinajstić information content (AvgIpc) is 3.34. The topological polar surface area (TPSA) is 50.7 Å². The van der Waals surface area contributed by atoms with E-state index in [4.69, 9.17) is 11.6 Å². The van der Waals surface area contributed by atoms with Crippen LogP contribution in [-0.2, 0) is 6.42 Å². The number of nitrogens with zero attached hydrogens (tertiary/aromatic N) is 3. The molecule has 2 aliphatic rings. The van der Waals surface area contributed by atoms with E-state index in [2.05, 4.69) is 38.7 Å². The smallest absolute Gasteiger partial charge is 0.152 e. The molecular formula is C18H20ClN4U-. The third-order valence-corrected chi connectivity index (χ3v) is 4.74. The fraction of sp³-hybridized carbons (Fsp3) is 0.333. The summed E-state index contributed by atoms with van der Waals surface area (Å²) >= 11 is 6.03. The van der Waals surface area contributed by atoms with E-state index < -0.39 is 0 Å². The Hall–Kier alpha value is -0.888. The Morgan fingerprint density at radius 3 is 2.79 bits per heavy atom. The summed E-state index contributed by atoms with van der Waals surface area (Å²) in [6.07, 6.45) is 9.68. The van der Waals surface area contributed by atoms with E-state index in [1.54, 1.807) is 0 Å². The number of pyridine rings is 1. The normalized spacial score (nSPS) is 20.4. The van der Waals surface area contributed by atoms with Gasteiger partial charge in [0.2, 0.25) is 0 Å². The fourth-order valence-corrected chi connectivity index (χ4v) is 3.57. The van der Waals surface area contributed by atoms with Crippen molar-refractivity contribution in [3.63, 3.8) is 0 Å². The van der Waals surface area contributed by atoms with E-state index in [1.807, 2.05) is 19.3 Å². The Morgan fingerprint density at radius 1 is 1.21 bits per heavy atom. The second-order valence-corrected chi connectivity index (χ2v) is 6.26. The van der Waals surface area contributed by atoms with Gasteiger partial charge in [-0.2, -0.15) is 0 Å². The number of aryl methyl sites for hydroxylation is 1. The first-order chi connectivity index (χ1) is 10.8. The third kappa shape index (κ3) is 3.54. The number of hydrogen-bond acceptors (Lipinski definition) is 4. The van der Waals surface area contributed by atoms with Crippen molar-refractivity contribution in [2.45, 2.75) is 31.1 Å². The molecule has 1 saturated carbocycles. The zero-order valence-corrected chi connectivity index (χ0v) is 18.8. The molecule has 4 nitrogen and oxygen atoms in total. The van der Waals surface area contributed by atoms with Gasteiger partial charge in [0.15, 0.2) is 11.0 Å². The molecule has 1 N–H and O–H groups in total. The first-order valence-corrected chi connectivity index (χ1v) is 8.01. The molecule has 0 aliphatic heterocycles. The maximum atomic E-state index is 6.03. The van der Waals surface area contributed by atoms with Crippen LogP contribution in [0.4, 0.5) is 5.82 Å². The molecule has 0 spiro atoms. The molecule has 2 atom stereocenters. The Bertz CT molecular complexity index is 763. The Morgan fingerprint density at radius 2 is 2.00 bits per heavy atom. The van der Waals surface area contributed by atoms with Crippen molar-refractivity contribution in [3.05, 3.63) is 59.4 Å². The van der Waals surface area contributed by atoms with Crippen molar-refractivity contribution < 1.29 is 31.1 Å². The monoisotopic (exact) mass is 565 g/mol. The zero-order valence-electron chi connectivity index (χ0n) is 13.9. The van der Waals surface area contributed by atoms with Gasteiger partial charge in [0.1, 0.15) is 0 Å². The van der Waals surface area contributed by atoms with E-state index in [0.717, 1.165) is 30.6 Å². The second-order valence-electron chi connectivity index (χ2n) is 5.87. The molecule has 2 aromatic rings. The van der Waals surface area contributed by atoms with E-state index in [-0.39, 0.29) is 38.5 Å². The number of nitrogens with one attached hydrogen (secondary N) is 1. The van der Waals surface area contributed by atoms with Crippen molar-refractivity contribution in [1.82, 2.24) is 15.2 Å². The molecule has 6 heteroatoms. The van der Waals surface area contributed by atoms with Gasteiger partial charge < -0.3 is 12.7 Å². The molecule has 2 aliphatic carbocycles. The molecule has 0 radical (unpaired) electrons. The molecule has 24 heavy (non-hydrogen) atoms. The van der Waals surface area contributed by atoms with Crippen LogP contribution in [0.3, 0.4) is 0 Å². The van der Waals surface area contributed by atoms with Gasteiger partial charge in [-0.3, -0.25) is 4.98 Å². The Balaban J connectivity index is 0.00000104. The molecule has 0 bridgehead atoms. The molecule has 0 saturated heterocycles. The summed E-state index contributed by atoms with van der Waals surface area (Å²) in [5.74, 6) is 1.81. The number of anilines is 1. The number of halogens is 1. The van der Waals surface area contributed by atoms with Gasteiger partial charge in [-0.1, -0.05) is 23.8 Å². The van der Waals surface area contributed by atoms with E-state index in [1.165, 1.54) is 16.8 Å². The summed E-state index contributed by atoms with van der Waals surface area (Å²) < 4.78 is 0. The quantitative estimate of drug-likeness (QED) is 0.566. The Kier molecular flexibility index (Phi) is 6.47. The summed E-state index contributed by atoms with van der Waals surface area (Å²) in [7, 11) is 1.87. The van der Waals surface area contributed by atoms with Gasteiger partial charge >= 0.3 is 0 Å². The maximum absolute atomic E-state index is 6.03. The van der Waals surface area contributed by atoms with Gasteiger partial charge in [-0.05, 0) is 54.4 Å². The predicted molar refractivity (Wildman–Crippen MR) is 94.7 cm³/mol. The van der Waals surface area contributed by atoms with Gasteiger partial charge in [0, 0.05) is 55.6 Å². The molecule has 2 aromatic heterocycles. The summed E-state index contributed by atoms with van der Waals surface area (Å²) in [6, 6.07) is 4.10. The standard InChI is InChI=1S/C17H17ClN4.CH3.U/c1-19-17-14(9-16(18)21-22-17)13-8-12(13)10-6-7-20-15-5-3-2-4-11(10)15;;/h2,4,6-7,9,12-13H,3,5,8H2,1H3,(H,19,22);1H3;/q;-1;. The molecule has 124 valence electrons. The van der Waals surface area contributed by atoms with Crippen molar-refractivity contribution in [2.24, 2.45) is 0 Å².